The number of nitrogens with zero attached hydrogens (tertiary/aromatic N) is 1. The molecule has 1 atom stereocenters. The molecule has 146 valence electrons. The molecular weight excluding hydrogens is 367 g/mol. The minimum absolute atomic E-state index is 0.128. The Kier molecular flexibility index (Phi) is 5.38. The molecule has 1 fully saturated rings. The summed E-state index contributed by atoms with van der Waals surface area (Å²) < 4.78 is 13.5. The fraction of sp³-hybridized carbons (Fsp3) is 0.167. The zero-order valence-corrected chi connectivity index (χ0v) is 15.8. The van der Waals surface area contributed by atoms with E-state index >= 15 is 0 Å². The van der Waals surface area contributed by atoms with Gasteiger partial charge in [0, 0.05) is 18.7 Å². The van der Waals surface area contributed by atoms with Crippen molar-refractivity contribution in [3.8, 4) is 0 Å². The molecule has 0 saturated carbocycles. The number of carbonyl (C=O) groups is 2. The average molecular weight is 388 g/mol. The number of amides is 2. The molecule has 0 aromatic heterocycles. The molecule has 0 spiro atoms. The van der Waals surface area contributed by atoms with Gasteiger partial charge in [0.25, 0.3) is 0 Å². The number of benzene rings is 3. The molecule has 5 heteroatoms. The van der Waals surface area contributed by atoms with E-state index in [1.54, 1.807) is 12.1 Å². The molecule has 0 aliphatic carbocycles. The van der Waals surface area contributed by atoms with Crippen LogP contribution in [0.15, 0.2) is 84.9 Å². The molecule has 0 unspecified atom stereocenters. The highest BCUT2D eigenvalue weighted by Crippen LogP contribution is 2.27. The van der Waals surface area contributed by atoms with Crippen LogP contribution in [0.2, 0.25) is 0 Å². The van der Waals surface area contributed by atoms with Gasteiger partial charge in [0.1, 0.15) is 5.82 Å². The summed E-state index contributed by atoms with van der Waals surface area (Å²) in [7, 11) is 0. The lowest BCUT2D eigenvalue weighted by atomic mass is 9.90. The molecule has 1 saturated heterocycles. The van der Waals surface area contributed by atoms with Crippen LogP contribution in [0.1, 0.15) is 23.5 Å². The molecule has 4 rings (SSSR count). The Morgan fingerprint density at radius 3 is 2.14 bits per heavy atom. The Labute approximate surface area is 169 Å². The van der Waals surface area contributed by atoms with Crippen molar-refractivity contribution in [2.24, 2.45) is 0 Å². The highest BCUT2D eigenvalue weighted by Gasteiger charge is 2.33. The van der Waals surface area contributed by atoms with Crippen molar-refractivity contribution in [3.63, 3.8) is 0 Å². The molecule has 3 aromatic carbocycles. The first-order valence-corrected chi connectivity index (χ1v) is 9.58. The van der Waals surface area contributed by atoms with Crippen molar-refractivity contribution in [1.82, 2.24) is 5.32 Å². The largest absolute Gasteiger partial charge is 0.350 e. The van der Waals surface area contributed by atoms with E-state index in [2.05, 4.69) is 5.32 Å². The van der Waals surface area contributed by atoms with Crippen molar-refractivity contribution in [2.75, 3.05) is 11.4 Å². The summed E-state index contributed by atoms with van der Waals surface area (Å²) in [5.41, 5.74) is 2.29. The van der Waals surface area contributed by atoms with Gasteiger partial charge in [0.05, 0.1) is 12.0 Å². The average Bonchev–Trinajstić information content (AvgIpc) is 3.10. The van der Waals surface area contributed by atoms with Gasteiger partial charge >= 0.3 is 0 Å². The van der Waals surface area contributed by atoms with Crippen LogP contribution in [-0.4, -0.2) is 24.4 Å². The second-order valence-corrected chi connectivity index (χ2v) is 7.15. The van der Waals surface area contributed by atoms with Crippen molar-refractivity contribution < 1.29 is 14.0 Å². The van der Waals surface area contributed by atoms with Crippen molar-refractivity contribution >= 4 is 17.5 Å². The Balaban J connectivity index is 1.53. The normalized spacial score (nSPS) is 16.3. The zero-order valence-electron chi connectivity index (χ0n) is 15.8. The summed E-state index contributed by atoms with van der Waals surface area (Å²) >= 11 is 0. The third-order valence-electron chi connectivity index (χ3n) is 5.12. The Morgan fingerprint density at radius 1 is 0.931 bits per heavy atom. The third kappa shape index (κ3) is 4.19. The van der Waals surface area contributed by atoms with Gasteiger partial charge in [-0.3, -0.25) is 9.59 Å². The maximum Gasteiger partial charge on any atom is 0.232 e. The van der Waals surface area contributed by atoms with Crippen LogP contribution in [0, 0.1) is 5.82 Å². The third-order valence-corrected chi connectivity index (χ3v) is 5.12. The van der Waals surface area contributed by atoms with Gasteiger partial charge in [0.15, 0.2) is 0 Å². The summed E-state index contributed by atoms with van der Waals surface area (Å²) in [5, 5.41) is 3.03. The molecule has 4 nitrogen and oxygen atoms in total. The highest BCUT2D eigenvalue weighted by molar-refractivity contribution is 5.97. The van der Waals surface area contributed by atoms with E-state index < -0.39 is 11.7 Å². The van der Waals surface area contributed by atoms with Crippen molar-refractivity contribution in [2.45, 2.75) is 18.4 Å². The highest BCUT2D eigenvalue weighted by atomic mass is 19.1. The first-order chi connectivity index (χ1) is 14.1. The zero-order chi connectivity index (χ0) is 20.2. The summed E-state index contributed by atoms with van der Waals surface area (Å²) in [6.07, 6.45) is 0.193. The van der Waals surface area contributed by atoms with Crippen molar-refractivity contribution in [1.29, 1.82) is 0 Å². The topological polar surface area (TPSA) is 49.4 Å². The van der Waals surface area contributed by atoms with Crippen LogP contribution < -0.4 is 10.2 Å². The predicted octanol–water partition coefficient (Wildman–Crippen LogP) is 3.88. The molecule has 1 N–H and O–H groups in total. The minimum Gasteiger partial charge on any atom is -0.350 e. The van der Waals surface area contributed by atoms with Crippen LogP contribution in [0.5, 0.6) is 0 Å². The maximum absolute atomic E-state index is 13.5. The summed E-state index contributed by atoms with van der Waals surface area (Å²) in [5.74, 6) is -1.13. The first-order valence-electron chi connectivity index (χ1n) is 9.58. The summed E-state index contributed by atoms with van der Waals surface area (Å²) in [6.45, 7) is 0.324. The Bertz CT molecular complexity index is 968. The Morgan fingerprint density at radius 2 is 1.55 bits per heavy atom. The number of rotatable bonds is 5. The van der Waals surface area contributed by atoms with E-state index in [0.717, 1.165) is 11.1 Å². The van der Waals surface area contributed by atoms with Crippen LogP contribution in [0.3, 0.4) is 0 Å². The summed E-state index contributed by atoms with van der Waals surface area (Å²) in [4.78, 5) is 27.2. The van der Waals surface area contributed by atoms with E-state index in [0.29, 0.717) is 12.2 Å². The smallest absolute Gasteiger partial charge is 0.232 e. The molecule has 1 heterocycles. The number of hydrogen-bond acceptors (Lipinski definition) is 2. The predicted molar refractivity (Wildman–Crippen MR) is 110 cm³/mol. The number of carbonyl (C=O) groups excluding carboxylic acids is 2. The van der Waals surface area contributed by atoms with Gasteiger partial charge in [-0.05, 0) is 29.3 Å². The fourth-order valence-electron chi connectivity index (χ4n) is 3.77. The molecular formula is C24H21FN2O2. The van der Waals surface area contributed by atoms with E-state index in [1.807, 2.05) is 60.7 Å². The quantitative estimate of drug-likeness (QED) is 0.721. The first kappa shape index (κ1) is 18.9. The molecule has 1 aliphatic heterocycles. The van der Waals surface area contributed by atoms with Gasteiger partial charge in [-0.25, -0.2) is 4.39 Å². The van der Waals surface area contributed by atoms with E-state index in [-0.39, 0.29) is 24.3 Å². The van der Waals surface area contributed by atoms with E-state index in [4.69, 9.17) is 0 Å². The molecule has 2 amide bonds. The second kappa shape index (κ2) is 8.27. The SMILES string of the molecule is O=C(N[C@H]1CC(=O)N(c2cccc(F)c2)C1)C(c1ccccc1)c1ccccc1. The maximum atomic E-state index is 13.5. The molecule has 29 heavy (non-hydrogen) atoms. The fourth-order valence-corrected chi connectivity index (χ4v) is 3.77. The van der Waals surface area contributed by atoms with Crippen molar-refractivity contribution in [3.05, 3.63) is 102 Å². The van der Waals surface area contributed by atoms with Gasteiger partial charge in [0.2, 0.25) is 11.8 Å². The number of anilines is 1. The van der Waals surface area contributed by atoms with Gasteiger partial charge in [-0.1, -0.05) is 66.7 Å². The summed E-state index contributed by atoms with van der Waals surface area (Å²) in [6, 6.07) is 24.8. The monoisotopic (exact) mass is 388 g/mol. The molecule has 0 radical (unpaired) electrons. The second-order valence-electron chi connectivity index (χ2n) is 7.15. The number of nitrogens with one attached hydrogen (secondary N) is 1. The standard InChI is InChI=1S/C24H21FN2O2/c25-19-12-7-13-21(14-19)27-16-20(15-22(27)28)26-24(29)23(17-8-3-1-4-9-17)18-10-5-2-6-11-18/h1-14,20,23H,15-16H2,(H,26,29)/t20-/m0/s1. The Hall–Kier alpha value is -3.47. The van der Waals surface area contributed by atoms with Gasteiger partial charge < -0.3 is 10.2 Å². The lowest BCUT2D eigenvalue weighted by Crippen LogP contribution is -2.40. The molecule has 3 aromatic rings. The number of hydrogen-bond donors (Lipinski definition) is 1. The van der Waals surface area contributed by atoms with Crippen LogP contribution in [0.25, 0.3) is 0 Å². The van der Waals surface area contributed by atoms with Crippen LogP contribution in [-0.2, 0) is 9.59 Å². The lowest BCUT2D eigenvalue weighted by molar-refractivity contribution is -0.122. The number of halogens is 1. The molecule has 1 aliphatic rings. The van der Waals surface area contributed by atoms with E-state index in [1.165, 1.54) is 17.0 Å². The van der Waals surface area contributed by atoms with E-state index in [9.17, 15) is 14.0 Å². The van der Waals surface area contributed by atoms with Crippen LogP contribution in [0.4, 0.5) is 10.1 Å². The van der Waals surface area contributed by atoms with Crippen LogP contribution >= 0.6 is 0 Å². The molecule has 0 bridgehead atoms. The lowest BCUT2D eigenvalue weighted by Gasteiger charge is -2.21. The van der Waals surface area contributed by atoms with Gasteiger partial charge in [-0.15, -0.1) is 0 Å². The minimum atomic E-state index is -0.462. The van der Waals surface area contributed by atoms with Gasteiger partial charge in [-0.2, -0.15) is 0 Å².